The number of amides is 5. The molecule has 3 N–H and O–H groups in total. The Bertz CT molecular complexity index is 2450. The summed E-state index contributed by atoms with van der Waals surface area (Å²) in [5.41, 5.74) is 9.24. The number of carbonyl (C=O) groups is 5. The second kappa shape index (κ2) is 19.8. The molecule has 16 nitrogen and oxygen atoms in total. The quantitative estimate of drug-likeness (QED) is 0.126. The van der Waals surface area contributed by atoms with Crippen molar-refractivity contribution in [2.24, 2.45) is 11.3 Å². The molecule has 3 aliphatic rings. The fourth-order valence-corrected chi connectivity index (χ4v) is 10.1. The molecule has 348 valence electrons. The molecule has 5 amide bonds. The lowest BCUT2D eigenvalue weighted by atomic mass is 9.84. The lowest BCUT2D eigenvalue weighted by Crippen LogP contribution is -2.64. The van der Waals surface area contributed by atoms with E-state index in [9.17, 15) is 24.0 Å². The van der Waals surface area contributed by atoms with Crippen LogP contribution < -0.4 is 16.1 Å². The Balaban J connectivity index is 1.25. The van der Waals surface area contributed by atoms with Gasteiger partial charge in [0.15, 0.2) is 0 Å². The molecular weight excluding hydrogens is 847 g/mol. The first-order valence-corrected chi connectivity index (χ1v) is 23.5. The number of fused-ring (bicyclic) bond motifs is 6. The number of aromatic nitrogens is 3. The molecule has 6 heterocycles. The van der Waals surface area contributed by atoms with E-state index in [-0.39, 0.29) is 49.6 Å². The van der Waals surface area contributed by atoms with Crippen molar-refractivity contribution in [2.75, 3.05) is 40.4 Å². The first kappa shape index (κ1) is 47.3. The zero-order valence-electron chi connectivity index (χ0n) is 38.8. The van der Waals surface area contributed by atoms with Crippen LogP contribution in [0.1, 0.15) is 83.2 Å². The van der Waals surface area contributed by atoms with Crippen molar-refractivity contribution < 1.29 is 33.4 Å². The monoisotopic (exact) mass is 909 g/mol. The number of likely N-dealkylation sites (tertiary alicyclic amines) is 1. The zero-order valence-corrected chi connectivity index (χ0v) is 39.6. The first-order valence-electron chi connectivity index (χ1n) is 22.6. The summed E-state index contributed by atoms with van der Waals surface area (Å²) >= 11 is 1.40. The van der Waals surface area contributed by atoms with Gasteiger partial charge in [0.05, 0.1) is 40.8 Å². The van der Waals surface area contributed by atoms with E-state index in [0.29, 0.717) is 50.3 Å². The van der Waals surface area contributed by atoms with E-state index in [1.54, 1.807) is 25.3 Å². The molecule has 1 aromatic carbocycles. The van der Waals surface area contributed by atoms with Crippen LogP contribution in [0.3, 0.4) is 0 Å². The van der Waals surface area contributed by atoms with Gasteiger partial charge in [-0.3, -0.25) is 29.2 Å². The highest BCUT2D eigenvalue weighted by molar-refractivity contribution is 7.10. The Kier molecular flexibility index (Phi) is 14.4. The van der Waals surface area contributed by atoms with E-state index in [0.717, 1.165) is 44.7 Å². The first-order chi connectivity index (χ1) is 31.0. The molecule has 3 aliphatic heterocycles. The van der Waals surface area contributed by atoms with Crippen molar-refractivity contribution in [3.63, 3.8) is 0 Å². The summed E-state index contributed by atoms with van der Waals surface area (Å²) in [6.07, 6.45) is 5.07. The van der Waals surface area contributed by atoms with Gasteiger partial charge in [0.1, 0.15) is 18.1 Å². The van der Waals surface area contributed by atoms with Crippen molar-refractivity contribution in [1.82, 2.24) is 45.4 Å². The number of hydrogen-bond donors (Lipinski definition) is 3. The normalized spacial score (nSPS) is 20.9. The Morgan fingerprint density at radius 3 is 2.63 bits per heavy atom. The predicted octanol–water partition coefficient (Wildman–Crippen LogP) is 5.66. The van der Waals surface area contributed by atoms with Gasteiger partial charge < -0.3 is 34.5 Å². The van der Waals surface area contributed by atoms with Crippen molar-refractivity contribution in [1.29, 1.82) is 0 Å². The van der Waals surface area contributed by atoms with Gasteiger partial charge >= 0.3 is 12.0 Å². The van der Waals surface area contributed by atoms with Crippen molar-refractivity contribution in [3.05, 3.63) is 70.8 Å². The molecule has 0 radical (unpaired) electrons. The number of pyridine rings is 1. The standard InChI is InChI=1S/C48H63N9O7S/c1-10-39(58)50-25-31-18-21-56(31)47(62)54(8)42(28(3)4)44(59)52-36-23-40-51-37(26-65-40)30-16-17-38-33(22-30)34(43(55(38)11-2)32-14-12-19-49-41(32)29(5)63-9)24-48(6,7)27-64-46(61)35-15-13-20-57(53-35)45(36)60/h10,12,14,16-17,19,22,26,28-29,31,35-36,42,53H,1,11,13,15,18,20-21,23-25,27H2,2-9H3,(H,50,58)(H,52,59)/t29-,31-,35-,36-,42-/m0/s1. The molecule has 17 heteroatoms. The van der Waals surface area contributed by atoms with Gasteiger partial charge in [-0.2, -0.15) is 0 Å². The number of cyclic esters (lactones) is 1. The van der Waals surface area contributed by atoms with Crippen LogP contribution in [0.2, 0.25) is 0 Å². The molecule has 2 fully saturated rings. The highest BCUT2D eigenvalue weighted by atomic mass is 32.1. The summed E-state index contributed by atoms with van der Waals surface area (Å²) in [6.45, 7) is 17.4. The number of urea groups is 1. The van der Waals surface area contributed by atoms with Crippen LogP contribution in [0.25, 0.3) is 33.4 Å². The molecule has 6 bridgehead atoms. The summed E-state index contributed by atoms with van der Waals surface area (Å²) in [5, 5.41) is 10.8. The van der Waals surface area contributed by atoms with Crippen LogP contribution in [0.5, 0.6) is 0 Å². The van der Waals surface area contributed by atoms with Gasteiger partial charge in [-0.05, 0) is 81.4 Å². The topological polar surface area (TPSA) is 180 Å². The minimum Gasteiger partial charge on any atom is -0.464 e. The number of esters is 1. The number of aryl methyl sites for hydroxylation is 1. The number of carbonyl (C=O) groups excluding carboxylic acids is 5. The third kappa shape index (κ3) is 9.97. The molecule has 0 unspecified atom stereocenters. The second-order valence-electron chi connectivity index (χ2n) is 18.4. The number of nitrogens with one attached hydrogen (secondary N) is 3. The lowest BCUT2D eigenvalue weighted by molar-refractivity contribution is -0.155. The van der Waals surface area contributed by atoms with Crippen LogP contribution >= 0.6 is 11.3 Å². The number of thiazole rings is 1. The van der Waals surface area contributed by atoms with Gasteiger partial charge in [0, 0.05) is 85.8 Å². The number of hydrazine groups is 1. The number of methoxy groups -OCH3 is 1. The molecule has 3 aromatic heterocycles. The average molecular weight is 910 g/mol. The van der Waals surface area contributed by atoms with E-state index in [1.165, 1.54) is 27.3 Å². The lowest BCUT2D eigenvalue weighted by Gasteiger charge is -2.44. The van der Waals surface area contributed by atoms with E-state index < -0.39 is 41.3 Å². The average Bonchev–Trinajstić information content (AvgIpc) is 3.88. The maximum absolute atomic E-state index is 14.6. The Morgan fingerprint density at radius 2 is 1.94 bits per heavy atom. The summed E-state index contributed by atoms with van der Waals surface area (Å²) in [6, 6.07) is 7.02. The summed E-state index contributed by atoms with van der Waals surface area (Å²) in [5.74, 6) is -2.03. The summed E-state index contributed by atoms with van der Waals surface area (Å²) in [4.78, 5) is 81.5. The SMILES string of the molecule is C=CC(=O)NC[C@@H]1CCN1C(=O)N(C)[C@H](C(=O)N[C@H]1Cc2nc(cs2)-c2ccc3c(c2)c(c(-c2cccnc2[C@H](C)OC)n3CC)CC(C)(C)COC(=O)[C@@H]2CCCN(N2)C1=O)C(C)C. The molecule has 65 heavy (non-hydrogen) atoms. The Hall–Kier alpha value is -5.65. The van der Waals surface area contributed by atoms with E-state index in [1.807, 2.05) is 32.2 Å². The minimum atomic E-state index is -1.09. The summed E-state index contributed by atoms with van der Waals surface area (Å²) < 4.78 is 14.2. The molecule has 5 atom stereocenters. The molecule has 0 aliphatic carbocycles. The predicted molar refractivity (Wildman–Crippen MR) is 249 cm³/mol. The fourth-order valence-electron chi connectivity index (χ4n) is 9.26. The number of rotatable bonds is 11. The summed E-state index contributed by atoms with van der Waals surface area (Å²) in [7, 11) is 3.27. The highest BCUT2D eigenvalue weighted by Gasteiger charge is 2.41. The van der Waals surface area contributed by atoms with E-state index in [4.69, 9.17) is 19.4 Å². The fraction of sp³-hybridized carbons (Fsp3) is 0.521. The molecule has 2 saturated heterocycles. The number of hydrogen-bond acceptors (Lipinski definition) is 11. The van der Waals surface area contributed by atoms with Crippen molar-refractivity contribution in [3.8, 4) is 22.5 Å². The number of likely N-dealkylation sites (N-methyl/N-ethyl adjacent to an activating group) is 1. The van der Waals surface area contributed by atoms with Gasteiger partial charge in [-0.1, -0.05) is 40.3 Å². The van der Waals surface area contributed by atoms with Gasteiger partial charge in [0.2, 0.25) is 11.8 Å². The van der Waals surface area contributed by atoms with Crippen LogP contribution in [0.4, 0.5) is 4.79 Å². The van der Waals surface area contributed by atoms with E-state index >= 15 is 0 Å². The minimum absolute atomic E-state index is 0.0712. The smallest absolute Gasteiger partial charge is 0.324 e. The Morgan fingerprint density at radius 1 is 1.15 bits per heavy atom. The molecular formula is C48H63N9O7S. The molecule has 0 saturated carbocycles. The third-order valence-corrected chi connectivity index (χ3v) is 13.7. The van der Waals surface area contributed by atoms with Crippen LogP contribution in [-0.4, -0.2) is 124 Å². The van der Waals surface area contributed by atoms with E-state index in [2.05, 4.69) is 72.2 Å². The maximum atomic E-state index is 14.6. The zero-order chi connectivity index (χ0) is 46.7. The number of nitrogens with zero attached hydrogens (tertiary/aromatic N) is 6. The molecule has 0 spiro atoms. The maximum Gasteiger partial charge on any atom is 0.324 e. The van der Waals surface area contributed by atoms with Crippen LogP contribution in [0, 0.1) is 11.3 Å². The van der Waals surface area contributed by atoms with Crippen LogP contribution in [0.15, 0.2) is 54.6 Å². The number of benzene rings is 1. The third-order valence-electron chi connectivity index (χ3n) is 12.9. The van der Waals surface area contributed by atoms with Gasteiger partial charge in [0.25, 0.3) is 5.91 Å². The largest absolute Gasteiger partial charge is 0.464 e. The Labute approximate surface area is 385 Å². The second-order valence-corrected chi connectivity index (χ2v) is 19.4. The van der Waals surface area contributed by atoms with Gasteiger partial charge in [-0.15, -0.1) is 11.3 Å². The van der Waals surface area contributed by atoms with Gasteiger partial charge in [-0.25, -0.2) is 15.2 Å². The highest BCUT2D eigenvalue weighted by Crippen LogP contribution is 2.42. The molecule has 4 aromatic rings. The van der Waals surface area contributed by atoms with Crippen molar-refractivity contribution in [2.45, 2.75) is 110 Å². The number of ether oxygens (including phenoxy) is 2. The molecule has 7 rings (SSSR count). The van der Waals surface area contributed by atoms with Crippen LogP contribution in [-0.2, 0) is 48.0 Å². The van der Waals surface area contributed by atoms with Crippen molar-refractivity contribution >= 4 is 52.0 Å².